The van der Waals surface area contributed by atoms with Crippen molar-refractivity contribution in [1.29, 1.82) is 0 Å². The summed E-state index contributed by atoms with van der Waals surface area (Å²) in [6.45, 7) is 0. The molecule has 1 N–H and O–H groups in total. The van der Waals surface area contributed by atoms with Crippen molar-refractivity contribution >= 4 is 11.9 Å². The Morgan fingerprint density at radius 2 is 2.71 bits per heavy atom. The van der Waals surface area contributed by atoms with Gasteiger partial charge in [0, 0.05) is 0 Å². The average Bonchev–Trinajstić information content (AvgIpc) is 1.69. The second kappa shape index (κ2) is 1.97. The highest BCUT2D eigenvalue weighted by Gasteiger charge is 2.09. The summed E-state index contributed by atoms with van der Waals surface area (Å²) in [7, 11) is 0. The fourth-order valence-electron chi connectivity index (χ4n) is 0.310. The highest BCUT2D eigenvalue weighted by molar-refractivity contribution is 7.93. The Hall–Kier alpha value is -0.510. The van der Waals surface area contributed by atoms with Crippen molar-refractivity contribution < 1.29 is 4.27 Å². The molecule has 0 atom stereocenters. The van der Waals surface area contributed by atoms with Gasteiger partial charge in [0.2, 0.25) is 0 Å². The van der Waals surface area contributed by atoms with E-state index in [0.717, 1.165) is 10.0 Å². The Morgan fingerprint density at radius 1 is 1.86 bits per heavy atom. The molecule has 1 rings (SSSR count). The van der Waals surface area contributed by atoms with Crippen LogP contribution in [0.1, 0.15) is 0 Å². The summed E-state index contributed by atoms with van der Waals surface area (Å²) >= 11 is 1.20. The molecule has 1 heterocycles. The van der Waals surface area contributed by atoms with Gasteiger partial charge in [0.15, 0.2) is 4.27 Å². The highest BCUT2D eigenvalue weighted by atomic mass is 32.2. The quantitative estimate of drug-likeness (QED) is 0.369. The fraction of sp³-hybridized carbons (Fsp3) is 0.333. The molecule has 38 valence electrons. The van der Waals surface area contributed by atoms with Crippen molar-refractivity contribution in [1.82, 2.24) is 5.43 Å². The van der Waals surface area contributed by atoms with Crippen molar-refractivity contribution in [2.45, 2.75) is 0 Å². The summed E-state index contributed by atoms with van der Waals surface area (Å²) in [5.74, 6) is 0.774. The van der Waals surface area contributed by atoms with Crippen LogP contribution in [0.4, 0.5) is 0 Å². The molecule has 0 fully saturated rings. The van der Waals surface area contributed by atoms with E-state index in [2.05, 4.69) is 5.43 Å². The van der Waals surface area contributed by atoms with E-state index >= 15 is 0 Å². The molecule has 0 radical (unpaired) electrons. The lowest BCUT2D eigenvalue weighted by atomic mass is 10.7. The molecular weight excluding hydrogens is 112 g/mol. The molecule has 4 heteroatoms. The highest BCUT2D eigenvalue weighted by Crippen LogP contribution is 2.01. The van der Waals surface area contributed by atoms with Gasteiger partial charge in [-0.15, -0.1) is 5.43 Å². The summed E-state index contributed by atoms with van der Waals surface area (Å²) in [6, 6.07) is 0. The van der Waals surface area contributed by atoms with E-state index in [0.29, 0.717) is 0 Å². The van der Waals surface area contributed by atoms with Gasteiger partial charge < -0.3 is 0 Å². The predicted octanol–water partition coefficient (Wildman–Crippen LogP) is 0.445. The molecular formula is C3H5N2OS+. The molecule has 0 aromatic heterocycles. The van der Waals surface area contributed by atoms with Crippen LogP contribution in [-0.4, -0.2) is 10.0 Å². The molecule has 0 aliphatic carbocycles. The van der Waals surface area contributed by atoms with Gasteiger partial charge in [-0.1, -0.05) is 0 Å². The minimum atomic E-state index is 0.722. The fourth-order valence-corrected chi connectivity index (χ4v) is 0.763. The van der Waals surface area contributed by atoms with Gasteiger partial charge in [0.05, 0.1) is 16.9 Å². The van der Waals surface area contributed by atoms with Crippen LogP contribution in [0.15, 0.2) is 12.3 Å². The third kappa shape index (κ3) is 1.19. The lowest BCUT2D eigenvalue weighted by Crippen LogP contribution is -2.17. The van der Waals surface area contributed by atoms with Crippen LogP contribution in [0.2, 0.25) is 0 Å². The van der Waals surface area contributed by atoms with Crippen LogP contribution >= 0.6 is 11.9 Å². The van der Waals surface area contributed by atoms with E-state index in [9.17, 15) is 4.91 Å². The predicted molar refractivity (Wildman–Crippen MR) is 28.4 cm³/mol. The first-order chi connectivity index (χ1) is 3.39. The third-order valence-electron chi connectivity index (χ3n) is 0.586. The SMILES string of the molecule is O=[N+]1NC=CCS1. The molecule has 0 amide bonds. The minimum Gasteiger partial charge on any atom is -0.114 e. The van der Waals surface area contributed by atoms with E-state index in [-0.39, 0.29) is 0 Å². The largest absolute Gasteiger partial charge is 0.256 e. The van der Waals surface area contributed by atoms with Gasteiger partial charge in [-0.05, 0) is 6.08 Å². The Morgan fingerprint density at radius 3 is 3.00 bits per heavy atom. The zero-order chi connectivity index (χ0) is 5.11. The number of hydrazine groups is 1. The summed E-state index contributed by atoms with van der Waals surface area (Å²) in [4.78, 5) is 10.2. The summed E-state index contributed by atoms with van der Waals surface area (Å²) in [5, 5.41) is 0. The first kappa shape index (κ1) is 4.64. The van der Waals surface area contributed by atoms with Gasteiger partial charge in [-0.2, -0.15) is 0 Å². The van der Waals surface area contributed by atoms with Crippen molar-refractivity contribution in [2.24, 2.45) is 0 Å². The zero-order valence-corrected chi connectivity index (χ0v) is 4.44. The van der Waals surface area contributed by atoms with Crippen LogP contribution in [0.3, 0.4) is 0 Å². The van der Waals surface area contributed by atoms with E-state index in [1.54, 1.807) is 6.20 Å². The number of nitroso groups, excluding NO2 is 1. The van der Waals surface area contributed by atoms with Crippen LogP contribution in [0.5, 0.6) is 0 Å². The molecule has 1 aliphatic heterocycles. The van der Waals surface area contributed by atoms with Gasteiger partial charge in [-0.3, -0.25) is 0 Å². The van der Waals surface area contributed by atoms with E-state index in [1.165, 1.54) is 11.9 Å². The minimum absolute atomic E-state index is 0.722. The van der Waals surface area contributed by atoms with E-state index < -0.39 is 0 Å². The summed E-state index contributed by atoms with van der Waals surface area (Å²) in [5.41, 5.74) is 2.44. The molecule has 0 unspecified atom stereocenters. The Balaban J connectivity index is 2.47. The topological polar surface area (TPSA) is 32.1 Å². The van der Waals surface area contributed by atoms with Crippen LogP contribution < -0.4 is 5.43 Å². The lowest BCUT2D eigenvalue weighted by Gasteiger charge is -1.89. The van der Waals surface area contributed by atoms with Gasteiger partial charge >= 0.3 is 0 Å². The Kier molecular flexibility index (Phi) is 1.31. The number of hydrogen-bond acceptors (Lipinski definition) is 2. The molecule has 0 saturated carbocycles. The average molecular weight is 117 g/mol. The number of hydrogen-bond donors (Lipinski definition) is 1. The van der Waals surface area contributed by atoms with Gasteiger partial charge in [0.1, 0.15) is 0 Å². The molecule has 0 saturated heterocycles. The van der Waals surface area contributed by atoms with E-state index in [4.69, 9.17) is 0 Å². The maximum atomic E-state index is 10.2. The molecule has 7 heavy (non-hydrogen) atoms. The first-order valence-electron chi connectivity index (χ1n) is 1.91. The summed E-state index contributed by atoms with van der Waals surface area (Å²) < 4.78 is 0.722. The molecule has 0 aromatic carbocycles. The maximum Gasteiger partial charge on any atom is 0.256 e. The normalized spacial score (nSPS) is 19.1. The molecule has 0 bridgehead atoms. The standard InChI is InChI=1S/C3H5N2OS/c6-5-4-2-1-3-7-5/h1-2H,3H2,(H,4,6)/q+1. The van der Waals surface area contributed by atoms with Gasteiger partial charge in [-0.25, -0.2) is 0 Å². The molecule has 0 spiro atoms. The molecule has 3 nitrogen and oxygen atoms in total. The third-order valence-corrected chi connectivity index (χ3v) is 1.27. The Labute approximate surface area is 45.5 Å². The van der Waals surface area contributed by atoms with Crippen molar-refractivity contribution in [3.63, 3.8) is 0 Å². The lowest BCUT2D eigenvalue weighted by molar-refractivity contribution is -0.430. The smallest absolute Gasteiger partial charge is 0.114 e. The second-order valence-corrected chi connectivity index (χ2v) is 2.01. The first-order valence-corrected chi connectivity index (χ1v) is 2.85. The van der Waals surface area contributed by atoms with Crippen LogP contribution in [0, 0.1) is 4.91 Å². The monoisotopic (exact) mass is 117 g/mol. The number of nitrogens with zero attached hydrogens (tertiary/aromatic N) is 1. The maximum absolute atomic E-state index is 10.2. The second-order valence-electron chi connectivity index (χ2n) is 1.08. The number of nitrogens with one attached hydrogen (secondary N) is 1. The zero-order valence-electron chi connectivity index (χ0n) is 3.63. The van der Waals surface area contributed by atoms with Gasteiger partial charge in [0.25, 0.3) is 11.9 Å². The van der Waals surface area contributed by atoms with Crippen molar-refractivity contribution in [3.05, 3.63) is 17.2 Å². The summed E-state index contributed by atoms with van der Waals surface area (Å²) in [6.07, 6.45) is 3.52. The van der Waals surface area contributed by atoms with Crippen molar-refractivity contribution in [2.75, 3.05) is 5.75 Å². The Bertz CT molecular complexity index is 112. The number of rotatable bonds is 0. The molecule has 1 aliphatic rings. The van der Waals surface area contributed by atoms with Crippen LogP contribution in [-0.2, 0) is 0 Å². The van der Waals surface area contributed by atoms with E-state index in [1.807, 2.05) is 6.08 Å². The van der Waals surface area contributed by atoms with Crippen LogP contribution in [0.25, 0.3) is 0 Å². The molecule has 0 aromatic rings. The van der Waals surface area contributed by atoms with Crippen molar-refractivity contribution in [3.8, 4) is 0 Å².